The number of aromatic hydroxyl groups is 1. The minimum Gasteiger partial charge on any atom is -0.507 e. The molecule has 0 amide bonds. The second-order valence-corrected chi connectivity index (χ2v) is 8.70. The van der Waals surface area contributed by atoms with Gasteiger partial charge in [0.2, 0.25) is 0 Å². The van der Waals surface area contributed by atoms with Gasteiger partial charge in [0.15, 0.2) is 0 Å². The molecule has 0 aromatic heterocycles. The highest BCUT2D eigenvalue weighted by molar-refractivity contribution is 5.87. The monoisotopic (exact) mass is 464 g/mol. The van der Waals surface area contributed by atoms with Crippen LogP contribution >= 0.6 is 0 Å². The minimum atomic E-state index is -0.939. The Kier molecular flexibility index (Phi) is 6.06. The quantitative estimate of drug-likeness (QED) is 0.276. The van der Waals surface area contributed by atoms with E-state index in [0.717, 1.165) is 11.1 Å². The number of para-hydroxylation sites is 2. The van der Waals surface area contributed by atoms with E-state index in [-0.39, 0.29) is 5.75 Å². The number of esters is 1. The first kappa shape index (κ1) is 22.4. The maximum absolute atomic E-state index is 13.7. The number of aliphatic carboxylic acids is 1. The lowest BCUT2D eigenvalue weighted by Crippen LogP contribution is -2.52. The topological polar surface area (TPSA) is 83.8 Å². The van der Waals surface area contributed by atoms with E-state index < -0.39 is 35.6 Å². The standard InChI is InChI=1S/C30H24O5/c31-23-17-9-7-15-21(23)22-16-8-10-18-24(22)35-30(34)28-25(19-11-3-1-4-12-19)27(29(32)33)26(28)20-13-5-2-6-14-20/h1-18,25-28,31H,(H,32,33)/t25-,26-,27?,28?/m0/s1. The van der Waals surface area contributed by atoms with Crippen LogP contribution in [-0.2, 0) is 9.59 Å². The Balaban J connectivity index is 1.54. The van der Waals surface area contributed by atoms with E-state index >= 15 is 0 Å². The van der Waals surface area contributed by atoms with Gasteiger partial charge in [-0.05, 0) is 23.3 Å². The van der Waals surface area contributed by atoms with Gasteiger partial charge in [-0.15, -0.1) is 0 Å². The van der Waals surface area contributed by atoms with Crippen molar-refractivity contribution in [2.24, 2.45) is 11.8 Å². The van der Waals surface area contributed by atoms with E-state index in [1.165, 1.54) is 0 Å². The van der Waals surface area contributed by atoms with Crippen molar-refractivity contribution in [1.29, 1.82) is 0 Å². The van der Waals surface area contributed by atoms with Crippen molar-refractivity contribution in [2.45, 2.75) is 11.8 Å². The van der Waals surface area contributed by atoms with E-state index in [1.54, 1.807) is 42.5 Å². The summed E-state index contributed by atoms with van der Waals surface area (Å²) < 4.78 is 5.95. The third-order valence-electron chi connectivity index (χ3n) is 6.77. The minimum absolute atomic E-state index is 0.0786. The summed E-state index contributed by atoms with van der Waals surface area (Å²) in [6, 6.07) is 32.4. The molecule has 35 heavy (non-hydrogen) atoms. The third-order valence-corrected chi connectivity index (χ3v) is 6.77. The van der Waals surface area contributed by atoms with Crippen molar-refractivity contribution >= 4 is 11.9 Å². The molecular formula is C30H24O5. The molecular weight excluding hydrogens is 440 g/mol. The molecule has 0 heterocycles. The summed E-state index contributed by atoms with van der Waals surface area (Å²) in [4.78, 5) is 26.1. The molecule has 5 nitrogen and oxygen atoms in total. The number of carboxylic acids is 1. The SMILES string of the molecule is O=C(O)C1[C@H](c2ccccc2)C(C(=O)Oc2ccccc2-c2ccccc2O)[C@H]1c1ccccc1. The van der Waals surface area contributed by atoms with E-state index in [2.05, 4.69) is 0 Å². The van der Waals surface area contributed by atoms with Crippen LogP contribution in [0.5, 0.6) is 11.5 Å². The smallest absolute Gasteiger partial charge is 0.315 e. The molecule has 1 fully saturated rings. The number of ether oxygens (including phenoxy) is 1. The molecule has 0 bridgehead atoms. The fraction of sp³-hybridized carbons (Fsp3) is 0.133. The van der Waals surface area contributed by atoms with Crippen molar-refractivity contribution in [1.82, 2.24) is 0 Å². The van der Waals surface area contributed by atoms with Gasteiger partial charge in [-0.2, -0.15) is 0 Å². The van der Waals surface area contributed by atoms with Crippen molar-refractivity contribution in [3.05, 3.63) is 120 Å². The first-order valence-corrected chi connectivity index (χ1v) is 11.5. The average Bonchev–Trinajstić information content (AvgIpc) is 2.85. The largest absolute Gasteiger partial charge is 0.507 e. The summed E-state index contributed by atoms with van der Waals surface area (Å²) >= 11 is 0. The van der Waals surface area contributed by atoms with E-state index in [9.17, 15) is 19.8 Å². The van der Waals surface area contributed by atoms with Crippen LogP contribution in [0.4, 0.5) is 0 Å². The predicted molar refractivity (Wildman–Crippen MR) is 132 cm³/mol. The average molecular weight is 465 g/mol. The van der Waals surface area contributed by atoms with Gasteiger partial charge in [-0.25, -0.2) is 0 Å². The van der Waals surface area contributed by atoms with Crippen LogP contribution in [0.1, 0.15) is 23.0 Å². The highest BCUT2D eigenvalue weighted by Gasteiger charge is 2.59. The number of carboxylic acid groups (broad SMARTS) is 1. The highest BCUT2D eigenvalue weighted by Crippen LogP contribution is 2.58. The number of benzene rings is 4. The molecule has 0 radical (unpaired) electrons. The van der Waals surface area contributed by atoms with Gasteiger partial charge in [-0.3, -0.25) is 9.59 Å². The first-order chi connectivity index (χ1) is 17.1. The Labute approximate surface area is 203 Å². The molecule has 4 aromatic rings. The zero-order valence-corrected chi connectivity index (χ0v) is 18.8. The maximum Gasteiger partial charge on any atom is 0.315 e. The summed E-state index contributed by atoms with van der Waals surface area (Å²) in [6.45, 7) is 0. The maximum atomic E-state index is 13.7. The number of phenolic OH excluding ortho intramolecular Hbond substituents is 1. The molecule has 0 saturated heterocycles. The lowest BCUT2D eigenvalue weighted by molar-refractivity contribution is -0.158. The third kappa shape index (κ3) is 4.17. The molecule has 5 heteroatoms. The van der Waals surface area contributed by atoms with Crippen molar-refractivity contribution in [3.8, 4) is 22.6 Å². The van der Waals surface area contributed by atoms with Crippen LogP contribution < -0.4 is 4.74 Å². The molecule has 2 atom stereocenters. The number of hydrogen-bond donors (Lipinski definition) is 2. The molecule has 1 saturated carbocycles. The van der Waals surface area contributed by atoms with Gasteiger partial charge in [0.1, 0.15) is 11.5 Å². The Morgan fingerprint density at radius 3 is 1.63 bits per heavy atom. The molecule has 0 unspecified atom stereocenters. The van der Waals surface area contributed by atoms with Gasteiger partial charge < -0.3 is 14.9 Å². The van der Waals surface area contributed by atoms with Crippen LogP contribution in [0.25, 0.3) is 11.1 Å². The van der Waals surface area contributed by atoms with E-state index in [1.807, 2.05) is 66.7 Å². The Hall–Kier alpha value is -4.38. The number of carbonyl (C=O) groups is 2. The second-order valence-electron chi connectivity index (χ2n) is 8.70. The van der Waals surface area contributed by atoms with Gasteiger partial charge in [0.25, 0.3) is 0 Å². The lowest BCUT2D eigenvalue weighted by atomic mass is 9.52. The molecule has 4 aromatic carbocycles. The molecule has 174 valence electrons. The number of hydrogen-bond acceptors (Lipinski definition) is 4. The second kappa shape index (κ2) is 9.47. The molecule has 2 N–H and O–H groups in total. The van der Waals surface area contributed by atoms with Crippen LogP contribution in [0.15, 0.2) is 109 Å². The van der Waals surface area contributed by atoms with Crippen molar-refractivity contribution < 1.29 is 24.5 Å². The Bertz CT molecular complexity index is 1300. The van der Waals surface area contributed by atoms with Crippen molar-refractivity contribution in [2.75, 3.05) is 0 Å². The summed E-state index contributed by atoms with van der Waals surface area (Å²) in [6.07, 6.45) is 0. The first-order valence-electron chi connectivity index (χ1n) is 11.5. The van der Waals surface area contributed by atoms with Gasteiger partial charge in [0.05, 0.1) is 11.8 Å². The summed E-state index contributed by atoms with van der Waals surface area (Å²) in [5, 5.41) is 20.5. The van der Waals surface area contributed by atoms with Crippen LogP contribution in [0, 0.1) is 11.8 Å². The molecule has 5 rings (SSSR count). The fourth-order valence-electron chi connectivity index (χ4n) is 5.18. The Morgan fingerprint density at radius 1 is 0.600 bits per heavy atom. The number of carbonyl (C=O) groups excluding carboxylic acids is 1. The van der Waals surface area contributed by atoms with E-state index in [4.69, 9.17) is 4.74 Å². The summed E-state index contributed by atoms with van der Waals surface area (Å²) in [5.41, 5.74) is 2.72. The summed E-state index contributed by atoms with van der Waals surface area (Å²) in [5.74, 6) is -3.53. The summed E-state index contributed by atoms with van der Waals surface area (Å²) in [7, 11) is 0. The zero-order chi connectivity index (χ0) is 24.4. The normalized spacial score (nSPS) is 21.0. The fourth-order valence-corrected chi connectivity index (χ4v) is 5.18. The van der Waals surface area contributed by atoms with Crippen molar-refractivity contribution in [3.63, 3.8) is 0 Å². The molecule has 1 aliphatic rings. The number of rotatable bonds is 6. The van der Waals surface area contributed by atoms with Gasteiger partial charge in [0, 0.05) is 23.0 Å². The zero-order valence-electron chi connectivity index (χ0n) is 18.8. The predicted octanol–water partition coefficient (Wildman–Crippen LogP) is 5.86. The van der Waals surface area contributed by atoms with Crippen LogP contribution in [-0.4, -0.2) is 22.2 Å². The van der Waals surface area contributed by atoms with Crippen LogP contribution in [0.3, 0.4) is 0 Å². The lowest BCUT2D eigenvalue weighted by Gasteiger charge is -2.49. The van der Waals surface area contributed by atoms with Gasteiger partial charge in [-0.1, -0.05) is 97.1 Å². The molecule has 0 spiro atoms. The van der Waals surface area contributed by atoms with Crippen LogP contribution in [0.2, 0.25) is 0 Å². The van der Waals surface area contributed by atoms with E-state index in [0.29, 0.717) is 16.9 Å². The Morgan fingerprint density at radius 2 is 1.09 bits per heavy atom. The number of phenols is 1. The van der Waals surface area contributed by atoms with Gasteiger partial charge >= 0.3 is 11.9 Å². The highest BCUT2D eigenvalue weighted by atomic mass is 16.5. The molecule has 0 aliphatic heterocycles. The molecule has 1 aliphatic carbocycles.